The second-order valence-corrected chi connectivity index (χ2v) is 8.22. The van der Waals surface area contributed by atoms with Crippen LogP contribution < -0.4 is 4.74 Å². The topological polar surface area (TPSA) is 66.9 Å². The summed E-state index contributed by atoms with van der Waals surface area (Å²) < 4.78 is 5.92. The Morgan fingerprint density at radius 2 is 1.69 bits per heavy atom. The molecule has 2 aliphatic rings. The van der Waals surface area contributed by atoms with Crippen molar-refractivity contribution in [2.24, 2.45) is 5.92 Å². The number of Topliss-reactive ketones (excluding diaryl/α,β-unsaturated/α-hetero) is 1. The molecule has 158 valence electrons. The lowest BCUT2D eigenvalue weighted by Gasteiger charge is -2.34. The number of rotatable bonds is 7. The third-order valence-corrected chi connectivity index (χ3v) is 5.92. The fraction of sp³-hybridized carbons (Fsp3) is 0.609. The number of carbonyl (C=O) groups is 3. The van der Waals surface area contributed by atoms with Gasteiger partial charge in [-0.1, -0.05) is 38.2 Å². The molecular weight excluding hydrogens is 368 g/mol. The molecule has 0 bridgehead atoms. The van der Waals surface area contributed by atoms with E-state index in [1.807, 2.05) is 24.3 Å². The average Bonchev–Trinajstić information content (AvgIpc) is 2.74. The van der Waals surface area contributed by atoms with Crippen LogP contribution in [0.25, 0.3) is 0 Å². The number of benzene rings is 1. The fourth-order valence-electron chi connectivity index (χ4n) is 4.20. The summed E-state index contributed by atoms with van der Waals surface area (Å²) in [6.07, 6.45) is 7.67. The van der Waals surface area contributed by atoms with Crippen LogP contribution in [0.1, 0.15) is 62.2 Å². The molecule has 3 rings (SSSR count). The zero-order valence-corrected chi connectivity index (χ0v) is 17.4. The van der Waals surface area contributed by atoms with Crippen molar-refractivity contribution in [3.63, 3.8) is 0 Å². The van der Waals surface area contributed by atoms with Gasteiger partial charge in [0.25, 0.3) is 5.91 Å². The van der Waals surface area contributed by atoms with E-state index in [-0.39, 0.29) is 24.0 Å². The Kier molecular flexibility index (Phi) is 7.67. The standard InChI is InChI=1S/C23H32N2O4/c1-18(26)16-22(27)24-11-13-25(14-12-24)23(28)20-8-5-9-21(17-20)29-15-10-19-6-3-2-4-7-19/h5,8-9,17,19H,2-4,6-7,10-16H2,1H3. The van der Waals surface area contributed by atoms with Gasteiger partial charge in [-0.3, -0.25) is 14.4 Å². The highest BCUT2D eigenvalue weighted by molar-refractivity contribution is 5.97. The Bertz CT molecular complexity index is 719. The van der Waals surface area contributed by atoms with E-state index < -0.39 is 0 Å². The Hall–Kier alpha value is -2.37. The fourth-order valence-corrected chi connectivity index (χ4v) is 4.20. The zero-order chi connectivity index (χ0) is 20.6. The summed E-state index contributed by atoms with van der Waals surface area (Å²) >= 11 is 0. The van der Waals surface area contributed by atoms with Gasteiger partial charge >= 0.3 is 0 Å². The van der Waals surface area contributed by atoms with E-state index in [1.165, 1.54) is 39.0 Å². The lowest BCUT2D eigenvalue weighted by atomic mass is 9.87. The van der Waals surface area contributed by atoms with Gasteiger partial charge < -0.3 is 14.5 Å². The van der Waals surface area contributed by atoms with Crippen molar-refractivity contribution in [2.75, 3.05) is 32.8 Å². The molecule has 1 heterocycles. The van der Waals surface area contributed by atoms with Crippen molar-refractivity contribution in [3.05, 3.63) is 29.8 Å². The van der Waals surface area contributed by atoms with Crippen molar-refractivity contribution >= 4 is 17.6 Å². The van der Waals surface area contributed by atoms with E-state index in [4.69, 9.17) is 4.74 Å². The predicted molar refractivity (Wildman–Crippen MR) is 111 cm³/mol. The molecule has 6 heteroatoms. The first-order valence-corrected chi connectivity index (χ1v) is 10.8. The average molecular weight is 401 g/mol. The van der Waals surface area contributed by atoms with Gasteiger partial charge in [0.05, 0.1) is 13.0 Å². The molecule has 0 unspecified atom stereocenters. The van der Waals surface area contributed by atoms with Crippen LogP contribution in [-0.2, 0) is 9.59 Å². The van der Waals surface area contributed by atoms with Crippen molar-refractivity contribution in [1.82, 2.24) is 9.80 Å². The maximum Gasteiger partial charge on any atom is 0.254 e. The monoisotopic (exact) mass is 400 g/mol. The minimum Gasteiger partial charge on any atom is -0.494 e. The maximum atomic E-state index is 12.8. The van der Waals surface area contributed by atoms with Gasteiger partial charge in [0.15, 0.2) is 0 Å². The first kappa shape index (κ1) is 21.3. The van der Waals surface area contributed by atoms with E-state index in [0.29, 0.717) is 38.3 Å². The first-order chi connectivity index (χ1) is 14.0. The summed E-state index contributed by atoms with van der Waals surface area (Å²) in [5, 5.41) is 0. The van der Waals surface area contributed by atoms with Gasteiger partial charge in [0, 0.05) is 31.7 Å². The molecule has 29 heavy (non-hydrogen) atoms. The molecule has 0 N–H and O–H groups in total. The Balaban J connectivity index is 1.48. The quantitative estimate of drug-likeness (QED) is 0.659. The molecular formula is C23H32N2O4. The molecule has 1 aliphatic heterocycles. The summed E-state index contributed by atoms with van der Waals surface area (Å²) in [5.74, 6) is 1.19. The predicted octanol–water partition coefficient (Wildman–Crippen LogP) is 3.30. The van der Waals surface area contributed by atoms with Crippen molar-refractivity contribution in [1.29, 1.82) is 0 Å². The SMILES string of the molecule is CC(=O)CC(=O)N1CCN(C(=O)c2cccc(OCCC3CCCCC3)c2)CC1. The van der Waals surface area contributed by atoms with Crippen LogP contribution in [0, 0.1) is 5.92 Å². The Morgan fingerprint density at radius 1 is 1.00 bits per heavy atom. The summed E-state index contributed by atoms with van der Waals surface area (Å²) in [6, 6.07) is 7.38. The van der Waals surface area contributed by atoms with E-state index in [1.54, 1.807) is 9.80 Å². The zero-order valence-electron chi connectivity index (χ0n) is 17.4. The highest BCUT2D eigenvalue weighted by Gasteiger charge is 2.25. The number of amides is 2. The lowest BCUT2D eigenvalue weighted by molar-refractivity contribution is -0.136. The minimum atomic E-state index is -0.155. The first-order valence-electron chi connectivity index (χ1n) is 10.8. The second-order valence-electron chi connectivity index (χ2n) is 8.22. The molecule has 0 atom stereocenters. The molecule has 0 radical (unpaired) electrons. The summed E-state index contributed by atoms with van der Waals surface area (Å²) in [5.41, 5.74) is 0.615. The van der Waals surface area contributed by atoms with Crippen molar-refractivity contribution < 1.29 is 19.1 Å². The van der Waals surface area contributed by atoms with Crippen LogP contribution in [0.5, 0.6) is 5.75 Å². The molecule has 1 aromatic carbocycles. The number of nitrogens with zero attached hydrogens (tertiary/aromatic N) is 2. The van der Waals surface area contributed by atoms with Crippen LogP contribution in [0.4, 0.5) is 0 Å². The highest BCUT2D eigenvalue weighted by atomic mass is 16.5. The van der Waals surface area contributed by atoms with Crippen LogP contribution in [0.15, 0.2) is 24.3 Å². The number of hydrogen-bond donors (Lipinski definition) is 0. The Labute approximate surface area is 173 Å². The molecule has 1 aliphatic carbocycles. The Morgan fingerprint density at radius 3 is 2.38 bits per heavy atom. The van der Waals surface area contributed by atoms with E-state index in [0.717, 1.165) is 18.1 Å². The third kappa shape index (κ3) is 6.31. The molecule has 0 spiro atoms. The number of piperazine rings is 1. The molecule has 1 saturated carbocycles. The normalized spacial score (nSPS) is 17.8. The molecule has 1 saturated heterocycles. The van der Waals surface area contributed by atoms with Crippen LogP contribution in [-0.4, -0.2) is 60.2 Å². The van der Waals surface area contributed by atoms with Gasteiger partial charge in [-0.15, -0.1) is 0 Å². The molecule has 2 fully saturated rings. The van der Waals surface area contributed by atoms with E-state index in [9.17, 15) is 14.4 Å². The van der Waals surface area contributed by atoms with Gasteiger partial charge in [0.2, 0.25) is 5.91 Å². The molecule has 1 aromatic rings. The van der Waals surface area contributed by atoms with Crippen LogP contribution in [0.3, 0.4) is 0 Å². The summed E-state index contributed by atoms with van der Waals surface area (Å²) in [6.45, 7) is 4.01. The van der Waals surface area contributed by atoms with Gasteiger partial charge in [-0.05, 0) is 37.5 Å². The summed E-state index contributed by atoms with van der Waals surface area (Å²) in [4.78, 5) is 39.4. The van der Waals surface area contributed by atoms with Crippen LogP contribution >= 0.6 is 0 Å². The highest BCUT2D eigenvalue weighted by Crippen LogP contribution is 2.26. The van der Waals surface area contributed by atoms with Crippen LogP contribution in [0.2, 0.25) is 0 Å². The number of ketones is 1. The third-order valence-electron chi connectivity index (χ3n) is 5.92. The van der Waals surface area contributed by atoms with Crippen molar-refractivity contribution in [3.8, 4) is 5.75 Å². The lowest BCUT2D eigenvalue weighted by Crippen LogP contribution is -2.50. The summed E-state index contributed by atoms with van der Waals surface area (Å²) in [7, 11) is 0. The molecule has 6 nitrogen and oxygen atoms in total. The number of ether oxygens (including phenoxy) is 1. The van der Waals surface area contributed by atoms with E-state index >= 15 is 0 Å². The number of hydrogen-bond acceptors (Lipinski definition) is 4. The van der Waals surface area contributed by atoms with Gasteiger partial charge in [-0.25, -0.2) is 0 Å². The maximum absolute atomic E-state index is 12.8. The number of carbonyl (C=O) groups excluding carboxylic acids is 3. The molecule has 0 aromatic heterocycles. The smallest absolute Gasteiger partial charge is 0.254 e. The van der Waals surface area contributed by atoms with Crippen molar-refractivity contribution in [2.45, 2.75) is 51.9 Å². The largest absolute Gasteiger partial charge is 0.494 e. The minimum absolute atomic E-state index is 0.0404. The van der Waals surface area contributed by atoms with Gasteiger partial charge in [-0.2, -0.15) is 0 Å². The molecule has 2 amide bonds. The second kappa shape index (κ2) is 10.4. The van der Waals surface area contributed by atoms with E-state index in [2.05, 4.69) is 0 Å². The van der Waals surface area contributed by atoms with Gasteiger partial charge in [0.1, 0.15) is 11.5 Å².